The van der Waals surface area contributed by atoms with Gasteiger partial charge in [-0.15, -0.1) is 0 Å². The highest BCUT2D eigenvalue weighted by molar-refractivity contribution is 5.89. The summed E-state index contributed by atoms with van der Waals surface area (Å²) in [4.78, 5) is 9.90. The van der Waals surface area contributed by atoms with E-state index in [1.807, 2.05) is 0 Å². The fraction of sp³-hybridized carbons (Fsp3) is 0.125. The molecular weight excluding hydrogens is 208 g/mol. The van der Waals surface area contributed by atoms with Crippen molar-refractivity contribution < 1.29 is 13.7 Å². The number of benzene rings is 1. The third kappa shape index (κ3) is 1.41. The van der Waals surface area contributed by atoms with Crippen LogP contribution in [-0.2, 0) is 0 Å². The number of aromatic amines is 1. The number of rotatable bonds is 2. The summed E-state index contributed by atoms with van der Waals surface area (Å²) in [5.74, 6) is 0. The first-order valence-electron chi connectivity index (χ1n) is 4.01. The monoisotopic (exact) mass is 213 g/mol. The van der Waals surface area contributed by atoms with Crippen LogP contribution in [0.4, 0.5) is 14.5 Å². The minimum atomic E-state index is -2.72. The van der Waals surface area contributed by atoms with Gasteiger partial charge in [0.15, 0.2) is 5.52 Å². The Labute approximate surface area is 81.9 Å². The van der Waals surface area contributed by atoms with Gasteiger partial charge in [0.25, 0.3) is 12.1 Å². The Kier molecular flexibility index (Phi) is 2.07. The molecule has 0 amide bonds. The number of aromatic nitrogens is 2. The topological polar surface area (TPSA) is 71.8 Å². The molecule has 78 valence electrons. The van der Waals surface area contributed by atoms with Gasteiger partial charge in [-0.05, 0) is 0 Å². The van der Waals surface area contributed by atoms with E-state index in [4.69, 9.17) is 0 Å². The van der Waals surface area contributed by atoms with Gasteiger partial charge < -0.3 is 0 Å². The lowest BCUT2D eigenvalue weighted by Crippen LogP contribution is -1.88. The lowest BCUT2D eigenvalue weighted by Gasteiger charge is -1.94. The zero-order valence-corrected chi connectivity index (χ0v) is 7.28. The SMILES string of the molecule is O=[N+]([O-])c1cccc2c(C(F)F)[nH]nc12. The number of nitro groups is 1. The van der Waals surface area contributed by atoms with Crippen LogP contribution in [0.3, 0.4) is 0 Å². The molecule has 0 atom stereocenters. The van der Waals surface area contributed by atoms with E-state index < -0.39 is 17.0 Å². The summed E-state index contributed by atoms with van der Waals surface area (Å²) < 4.78 is 24.8. The smallest absolute Gasteiger partial charge is 0.275 e. The summed E-state index contributed by atoms with van der Waals surface area (Å²) in [6, 6.07) is 3.94. The van der Waals surface area contributed by atoms with Gasteiger partial charge in [0, 0.05) is 11.5 Å². The Morgan fingerprint density at radius 3 is 2.80 bits per heavy atom. The molecule has 0 saturated carbocycles. The van der Waals surface area contributed by atoms with E-state index in [1.165, 1.54) is 18.2 Å². The first-order valence-corrected chi connectivity index (χ1v) is 4.01. The number of nitro benzene ring substituents is 1. The van der Waals surface area contributed by atoms with Crippen LogP contribution in [-0.4, -0.2) is 15.1 Å². The fourth-order valence-corrected chi connectivity index (χ4v) is 1.36. The second-order valence-electron chi connectivity index (χ2n) is 2.87. The number of fused-ring (bicyclic) bond motifs is 1. The molecular formula is C8H5F2N3O2. The highest BCUT2D eigenvalue weighted by Gasteiger charge is 2.20. The van der Waals surface area contributed by atoms with Crippen molar-refractivity contribution in [1.82, 2.24) is 10.2 Å². The predicted molar refractivity (Wildman–Crippen MR) is 47.7 cm³/mol. The number of para-hydroxylation sites is 1. The number of hydrogen-bond donors (Lipinski definition) is 1. The standard InChI is InChI=1S/C8H5F2N3O2/c9-8(10)7-4-2-1-3-5(13(14)15)6(4)11-12-7/h1-3,8H,(H,11,12). The van der Waals surface area contributed by atoms with E-state index in [9.17, 15) is 18.9 Å². The zero-order chi connectivity index (χ0) is 11.0. The molecule has 0 aliphatic heterocycles. The van der Waals surface area contributed by atoms with E-state index in [0.29, 0.717) is 0 Å². The molecule has 15 heavy (non-hydrogen) atoms. The molecule has 2 rings (SSSR count). The minimum absolute atomic E-state index is 0.0437. The molecule has 0 saturated heterocycles. The van der Waals surface area contributed by atoms with Gasteiger partial charge in [-0.3, -0.25) is 15.2 Å². The maximum absolute atomic E-state index is 12.4. The summed E-state index contributed by atoms with van der Waals surface area (Å²) in [5.41, 5.74) is -0.720. The molecule has 5 nitrogen and oxygen atoms in total. The molecule has 0 aliphatic carbocycles. The van der Waals surface area contributed by atoms with Gasteiger partial charge in [-0.1, -0.05) is 12.1 Å². The maximum Gasteiger partial charge on any atom is 0.297 e. The summed E-state index contributed by atoms with van der Waals surface area (Å²) in [6.45, 7) is 0. The molecule has 0 aliphatic rings. The van der Waals surface area contributed by atoms with E-state index in [0.717, 1.165) is 0 Å². The first-order chi connectivity index (χ1) is 7.11. The number of nitrogens with zero attached hydrogens (tertiary/aromatic N) is 2. The molecule has 0 spiro atoms. The lowest BCUT2D eigenvalue weighted by atomic mass is 10.2. The fourth-order valence-electron chi connectivity index (χ4n) is 1.36. The molecule has 0 fully saturated rings. The van der Waals surface area contributed by atoms with Gasteiger partial charge in [0.2, 0.25) is 0 Å². The minimum Gasteiger partial charge on any atom is -0.275 e. The number of H-pyrrole nitrogens is 1. The molecule has 0 unspecified atom stereocenters. The largest absolute Gasteiger partial charge is 0.297 e. The van der Waals surface area contributed by atoms with Gasteiger partial charge in [0.05, 0.1) is 4.92 Å². The Morgan fingerprint density at radius 2 is 2.20 bits per heavy atom. The first kappa shape index (κ1) is 9.50. The van der Waals surface area contributed by atoms with Crippen molar-refractivity contribution in [3.8, 4) is 0 Å². The van der Waals surface area contributed by atoms with Crippen molar-refractivity contribution in [3.63, 3.8) is 0 Å². The Morgan fingerprint density at radius 1 is 1.47 bits per heavy atom. The Hall–Kier alpha value is -2.05. The van der Waals surface area contributed by atoms with Crippen molar-refractivity contribution in [1.29, 1.82) is 0 Å². The number of nitrogens with one attached hydrogen (secondary N) is 1. The summed E-state index contributed by atoms with van der Waals surface area (Å²) >= 11 is 0. The van der Waals surface area contributed by atoms with Crippen molar-refractivity contribution in [2.24, 2.45) is 0 Å². The van der Waals surface area contributed by atoms with Crippen molar-refractivity contribution >= 4 is 16.6 Å². The third-order valence-corrected chi connectivity index (χ3v) is 2.01. The van der Waals surface area contributed by atoms with Crippen molar-refractivity contribution in [2.75, 3.05) is 0 Å². The number of alkyl halides is 2. The average Bonchev–Trinajstić information content (AvgIpc) is 2.59. The highest BCUT2D eigenvalue weighted by Crippen LogP contribution is 2.30. The molecule has 1 heterocycles. The number of non-ortho nitro benzene ring substituents is 1. The molecule has 0 bridgehead atoms. The summed E-state index contributed by atoms with van der Waals surface area (Å²) in [5, 5.41) is 16.3. The van der Waals surface area contributed by atoms with E-state index >= 15 is 0 Å². The van der Waals surface area contributed by atoms with Gasteiger partial charge in [-0.2, -0.15) is 5.10 Å². The van der Waals surface area contributed by atoms with Crippen LogP contribution in [0.2, 0.25) is 0 Å². The summed E-state index contributed by atoms with van der Waals surface area (Å²) in [7, 11) is 0. The van der Waals surface area contributed by atoms with Crippen LogP contribution in [0.15, 0.2) is 18.2 Å². The Balaban J connectivity index is 2.74. The van der Waals surface area contributed by atoms with Crippen molar-refractivity contribution in [3.05, 3.63) is 34.0 Å². The molecule has 1 aromatic carbocycles. The molecule has 0 radical (unpaired) electrons. The van der Waals surface area contributed by atoms with Crippen molar-refractivity contribution in [2.45, 2.75) is 6.43 Å². The normalized spacial score (nSPS) is 11.1. The molecule has 7 heteroatoms. The Bertz CT molecular complexity index is 524. The number of hydrogen-bond acceptors (Lipinski definition) is 3. The maximum atomic E-state index is 12.4. The second kappa shape index (κ2) is 3.26. The van der Waals surface area contributed by atoms with E-state index in [2.05, 4.69) is 10.2 Å². The van der Waals surface area contributed by atoms with Crippen LogP contribution < -0.4 is 0 Å². The average molecular weight is 213 g/mol. The van der Waals surface area contributed by atoms with Crippen LogP contribution in [0.5, 0.6) is 0 Å². The second-order valence-corrected chi connectivity index (χ2v) is 2.87. The third-order valence-electron chi connectivity index (χ3n) is 2.01. The quantitative estimate of drug-likeness (QED) is 0.614. The van der Waals surface area contributed by atoms with Crippen LogP contribution in [0, 0.1) is 10.1 Å². The van der Waals surface area contributed by atoms with Crippen LogP contribution in [0.25, 0.3) is 10.9 Å². The van der Waals surface area contributed by atoms with Gasteiger partial charge >= 0.3 is 0 Å². The zero-order valence-electron chi connectivity index (χ0n) is 7.28. The lowest BCUT2D eigenvalue weighted by molar-refractivity contribution is -0.383. The number of halogens is 2. The van der Waals surface area contributed by atoms with Crippen LogP contribution in [0.1, 0.15) is 12.1 Å². The van der Waals surface area contributed by atoms with Gasteiger partial charge in [-0.25, -0.2) is 8.78 Å². The molecule has 2 aromatic rings. The van der Waals surface area contributed by atoms with Gasteiger partial charge in [0.1, 0.15) is 5.69 Å². The van der Waals surface area contributed by atoms with E-state index in [-0.39, 0.29) is 16.6 Å². The molecule has 1 N–H and O–H groups in total. The van der Waals surface area contributed by atoms with Crippen LogP contribution >= 0.6 is 0 Å². The predicted octanol–water partition coefficient (Wildman–Crippen LogP) is 2.41. The summed E-state index contributed by atoms with van der Waals surface area (Å²) in [6.07, 6.45) is -2.72. The highest BCUT2D eigenvalue weighted by atomic mass is 19.3. The van der Waals surface area contributed by atoms with E-state index in [1.54, 1.807) is 0 Å². The molecule has 1 aromatic heterocycles.